The predicted molar refractivity (Wildman–Crippen MR) is 185 cm³/mol. The SMILES string of the molecule is Cc1ccc(Oc2cccc(C(=O)NCC(=O)N3CC4(C[C@H]3C(=O)NCc3cc5cnccc5n3S(=O)(=O)c3ccccc3)OCCO4)c2)c(F)c1. The lowest BCUT2D eigenvalue weighted by Gasteiger charge is -2.24. The van der Waals surface area contributed by atoms with E-state index in [9.17, 15) is 27.2 Å². The predicted octanol–water partition coefficient (Wildman–Crippen LogP) is 3.90. The van der Waals surface area contributed by atoms with Crippen molar-refractivity contribution in [2.24, 2.45) is 0 Å². The Labute approximate surface area is 298 Å². The Balaban J connectivity index is 1.05. The zero-order chi connectivity index (χ0) is 36.5. The van der Waals surface area contributed by atoms with Gasteiger partial charge in [0.2, 0.25) is 11.8 Å². The highest BCUT2D eigenvalue weighted by atomic mass is 32.2. The van der Waals surface area contributed by atoms with Crippen LogP contribution in [0.15, 0.2) is 102 Å². The standard InChI is InChI=1S/C37H34FN5O8S/c1-24-10-11-33(30(38)16-24)51-28-7-5-6-25(18-28)35(45)41-22-34(44)42-23-37(49-14-15-50-37)19-32(42)36(46)40-21-27-17-26-20-39-13-12-31(26)43(27)52(47,48)29-8-3-2-4-9-29/h2-13,16-18,20,32H,14-15,19,21-23H2,1H3,(H,40,46)(H,41,45)/t32-/m0/s1. The molecule has 2 saturated heterocycles. The highest BCUT2D eigenvalue weighted by molar-refractivity contribution is 7.90. The van der Waals surface area contributed by atoms with Crippen LogP contribution in [0.2, 0.25) is 0 Å². The largest absolute Gasteiger partial charge is 0.454 e. The van der Waals surface area contributed by atoms with Crippen LogP contribution in [0.25, 0.3) is 10.9 Å². The average molecular weight is 728 g/mol. The highest BCUT2D eigenvalue weighted by Gasteiger charge is 2.52. The third-order valence-electron chi connectivity index (χ3n) is 8.89. The van der Waals surface area contributed by atoms with Gasteiger partial charge in [-0.3, -0.25) is 19.4 Å². The van der Waals surface area contributed by atoms with Gasteiger partial charge in [-0.25, -0.2) is 16.8 Å². The van der Waals surface area contributed by atoms with Gasteiger partial charge in [0.25, 0.3) is 15.9 Å². The van der Waals surface area contributed by atoms with Gasteiger partial charge in [0.05, 0.1) is 49.0 Å². The molecular weight excluding hydrogens is 693 g/mol. The molecule has 2 aliphatic heterocycles. The van der Waals surface area contributed by atoms with E-state index in [1.54, 1.807) is 55.5 Å². The molecule has 52 heavy (non-hydrogen) atoms. The zero-order valence-electron chi connectivity index (χ0n) is 28.0. The number of aryl methyl sites for hydroxylation is 1. The Morgan fingerprint density at radius 1 is 0.981 bits per heavy atom. The first kappa shape index (κ1) is 34.8. The van der Waals surface area contributed by atoms with Crippen molar-refractivity contribution in [1.29, 1.82) is 0 Å². The van der Waals surface area contributed by atoms with Crippen LogP contribution in [0.4, 0.5) is 4.39 Å². The Morgan fingerprint density at radius 3 is 2.54 bits per heavy atom. The second-order valence-electron chi connectivity index (χ2n) is 12.5. The molecule has 5 aromatic rings. The van der Waals surface area contributed by atoms with Gasteiger partial charge < -0.3 is 29.7 Å². The van der Waals surface area contributed by atoms with Gasteiger partial charge in [0.15, 0.2) is 17.4 Å². The number of hydrogen-bond donors (Lipinski definition) is 2. The van der Waals surface area contributed by atoms with Crippen molar-refractivity contribution >= 4 is 38.6 Å². The number of benzene rings is 3. The summed E-state index contributed by atoms with van der Waals surface area (Å²) in [6.45, 7) is 1.62. The number of carbonyl (C=O) groups is 3. The highest BCUT2D eigenvalue weighted by Crippen LogP contribution is 2.35. The third kappa shape index (κ3) is 6.97. The Morgan fingerprint density at radius 2 is 1.77 bits per heavy atom. The normalized spacial score (nSPS) is 16.7. The first-order chi connectivity index (χ1) is 25.0. The molecule has 2 aromatic heterocycles. The number of rotatable bonds is 10. The molecule has 1 atom stereocenters. The van der Waals surface area contributed by atoms with Crippen LogP contribution in [-0.4, -0.2) is 78.1 Å². The van der Waals surface area contributed by atoms with Gasteiger partial charge in [-0.15, -0.1) is 0 Å². The second-order valence-corrected chi connectivity index (χ2v) is 14.3. The van der Waals surface area contributed by atoms with Crippen molar-refractivity contribution < 1.29 is 41.4 Å². The van der Waals surface area contributed by atoms with E-state index >= 15 is 0 Å². The maximum Gasteiger partial charge on any atom is 0.268 e. The first-order valence-corrected chi connectivity index (χ1v) is 17.9. The minimum absolute atomic E-state index is 0.00161. The van der Waals surface area contributed by atoms with E-state index in [0.717, 1.165) is 5.56 Å². The molecule has 7 rings (SSSR count). The summed E-state index contributed by atoms with van der Waals surface area (Å²) in [6, 6.07) is 20.7. The Hall–Kier alpha value is -5.64. The number of nitrogens with one attached hydrogen (secondary N) is 2. The molecule has 4 heterocycles. The number of likely N-dealkylation sites (tertiary alicyclic amines) is 1. The van der Waals surface area contributed by atoms with Crippen LogP contribution in [0.1, 0.15) is 28.0 Å². The minimum Gasteiger partial charge on any atom is -0.454 e. The number of carbonyl (C=O) groups excluding carboxylic acids is 3. The lowest BCUT2D eigenvalue weighted by atomic mass is 10.1. The van der Waals surface area contributed by atoms with Crippen molar-refractivity contribution in [3.8, 4) is 11.5 Å². The van der Waals surface area contributed by atoms with E-state index in [-0.39, 0.29) is 60.4 Å². The van der Waals surface area contributed by atoms with Crippen LogP contribution in [0.3, 0.4) is 0 Å². The van der Waals surface area contributed by atoms with E-state index in [2.05, 4.69) is 15.6 Å². The fourth-order valence-corrected chi connectivity index (χ4v) is 7.97. The van der Waals surface area contributed by atoms with Crippen LogP contribution >= 0.6 is 0 Å². The van der Waals surface area contributed by atoms with Crippen LogP contribution in [0, 0.1) is 12.7 Å². The van der Waals surface area contributed by atoms with E-state index in [1.807, 2.05) is 0 Å². The summed E-state index contributed by atoms with van der Waals surface area (Å²) in [6.07, 6.45) is 3.05. The van der Waals surface area contributed by atoms with Crippen molar-refractivity contribution in [2.45, 2.75) is 36.6 Å². The molecule has 2 aliphatic rings. The summed E-state index contributed by atoms with van der Waals surface area (Å²) >= 11 is 0. The Bertz CT molecular complexity index is 2270. The van der Waals surface area contributed by atoms with Crippen molar-refractivity contribution in [3.63, 3.8) is 0 Å². The van der Waals surface area contributed by atoms with Crippen molar-refractivity contribution in [2.75, 3.05) is 26.3 Å². The number of ether oxygens (including phenoxy) is 3. The average Bonchev–Trinajstić information content (AvgIpc) is 3.88. The number of pyridine rings is 1. The van der Waals surface area contributed by atoms with Crippen molar-refractivity contribution in [3.05, 3.63) is 120 Å². The number of nitrogens with zero attached hydrogens (tertiary/aromatic N) is 3. The molecule has 268 valence electrons. The molecule has 0 unspecified atom stereocenters. The number of hydrogen-bond acceptors (Lipinski definition) is 9. The molecule has 3 amide bonds. The number of aromatic nitrogens is 2. The van der Waals surface area contributed by atoms with E-state index < -0.39 is 51.9 Å². The topological polar surface area (TPSA) is 158 Å². The molecular formula is C37H34FN5O8S. The third-order valence-corrected chi connectivity index (χ3v) is 10.7. The summed E-state index contributed by atoms with van der Waals surface area (Å²) < 4.78 is 60.4. The van der Waals surface area contributed by atoms with Gasteiger partial charge in [0.1, 0.15) is 11.8 Å². The molecule has 13 nitrogen and oxygen atoms in total. The van der Waals surface area contributed by atoms with E-state index in [0.29, 0.717) is 10.9 Å². The Kier molecular flexibility index (Phi) is 9.48. The smallest absolute Gasteiger partial charge is 0.268 e. The quantitative estimate of drug-likeness (QED) is 0.218. The van der Waals surface area contributed by atoms with Gasteiger partial charge in [0, 0.05) is 29.8 Å². The second kappa shape index (κ2) is 14.2. The zero-order valence-corrected chi connectivity index (χ0v) is 28.8. The molecule has 2 fully saturated rings. The van der Waals surface area contributed by atoms with Gasteiger partial charge >= 0.3 is 0 Å². The van der Waals surface area contributed by atoms with Gasteiger partial charge in [-0.2, -0.15) is 0 Å². The van der Waals surface area contributed by atoms with Crippen LogP contribution in [-0.2, 0) is 35.6 Å². The maximum atomic E-state index is 14.3. The van der Waals surface area contributed by atoms with Gasteiger partial charge in [-0.05, 0) is 67.1 Å². The van der Waals surface area contributed by atoms with E-state index in [4.69, 9.17) is 14.2 Å². The monoisotopic (exact) mass is 727 g/mol. The number of amides is 3. The molecule has 0 aliphatic carbocycles. The fraction of sp³-hybridized carbons (Fsp3) is 0.243. The van der Waals surface area contributed by atoms with Crippen LogP contribution in [0.5, 0.6) is 11.5 Å². The summed E-state index contributed by atoms with van der Waals surface area (Å²) in [4.78, 5) is 46.0. The summed E-state index contributed by atoms with van der Waals surface area (Å²) in [7, 11) is -4.05. The molecule has 3 aromatic carbocycles. The molecule has 0 saturated carbocycles. The molecule has 15 heteroatoms. The molecule has 0 radical (unpaired) electrons. The first-order valence-electron chi connectivity index (χ1n) is 16.5. The van der Waals surface area contributed by atoms with E-state index in [1.165, 1.54) is 57.7 Å². The number of halogens is 1. The summed E-state index contributed by atoms with van der Waals surface area (Å²) in [5.74, 6) is -3.24. The maximum absolute atomic E-state index is 14.3. The van der Waals surface area contributed by atoms with Gasteiger partial charge in [-0.1, -0.05) is 30.3 Å². The number of fused-ring (bicyclic) bond motifs is 1. The molecule has 2 N–H and O–H groups in total. The van der Waals surface area contributed by atoms with Crippen LogP contribution < -0.4 is 15.4 Å². The fourth-order valence-electron chi connectivity index (χ4n) is 6.41. The van der Waals surface area contributed by atoms with Crippen molar-refractivity contribution in [1.82, 2.24) is 24.5 Å². The summed E-state index contributed by atoms with van der Waals surface area (Å²) in [5.41, 5.74) is 1.57. The summed E-state index contributed by atoms with van der Waals surface area (Å²) in [5, 5.41) is 5.95. The lowest BCUT2D eigenvalue weighted by molar-refractivity contribution is -0.152. The molecule has 1 spiro atoms. The lowest BCUT2D eigenvalue weighted by Crippen LogP contribution is -2.49. The minimum atomic E-state index is -4.05. The molecule has 0 bridgehead atoms.